The van der Waals surface area contributed by atoms with Gasteiger partial charge in [0.25, 0.3) is 0 Å². The van der Waals surface area contributed by atoms with Crippen molar-refractivity contribution < 1.29 is 36.7 Å². The predicted octanol–water partition coefficient (Wildman–Crippen LogP) is 11.1. The molecule has 6 aromatic rings. The van der Waals surface area contributed by atoms with Gasteiger partial charge in [0, 0.05) is 0 Å². The summed E-state index contributed by atoms with van der Waals surface area (Å²) >= 11 is -5.63. The first kappa shape index (κ1) is 39.2. The van der Waals surface area contributed by atoms with Crippen LogP contribution in [0.4, 0.5) is 13.2 Å². The normalized spacial score (nSPS) is 11.9. The fourth-order valence-corrected chi connectivity index (χ4v) is 15.8. The van der Waals surface area contributed by atoms with E-state index in [1.165, 1.54) is 0 Å². The van der Waals surface area contributed by atoms with Crippen LogP contribution >= 0.6 is 40.5 Å². The van der Waals surface area contributed by atoms with E-state index in [9.17, 15) is 26.4 Å². The van der Waals surface area contributed by atoms with E-state index >= 15 is 0 Å². The minimum absolute atomic E-state index is 0.217. The fourth-order valence-electron chi connectivity index (χ4n) is 4.63. The molecular formula is C40H35F3I2O6S. The van der Waals surface area contributed by atoms with E-state index in [0.29, 0.717) is 24.9 Å². The van der Waals surface area contributed by atoms with Gasteiger partial charge < -0.3 is 0 Å². The van der Waals surface area contributed by atoms with Crippen LogP contribution in [0.1, 0.15) is 19.8 Å². The van der Waals surface area contributed by atoms with Gasteiger partial charge in [-0.2, -0.15) is 0 Å². The summed E-state index contributed by atoms with van der Waals surface area (Å²) in [6.07, 6.45) is -3.07. The Morgan fingerprint density at radius 1 is 0.615 bits per heavy atom. The van der Waals surface area contributed by atoms with Crippen LogP contribution in [0.2, 0.25) is 0 Å². The van der Waals surface area contributed by atoms with E-state index in [-0.39, 0.29) is 4.90 Å². The average molecular weight is 955 g/mol. The van der Waals surface area contributed by atoms with E-state index in [1.54, 1.807) is 66.7 Å². The number of hydrogen-bond acceptors (Lipinski definition) is 6. The van der Waals surface area contributed by atoms with Crippen molar-refractivity contribution in [1.82, 2.24) is 0 Å². The molecule has 0 N–H and O–H groups in total. The van der Waals surface area contributed by atoms with E-state index in [1.807, 2.05) is 91.0 Å². The van der Waals surface area contributed by atoms with Crippen molar-refractivity contribution in [2.75, 3.05) is 6.61 Å². The van der Waals surface area contributed by atoms with Gasteiger partial charge in [0.15, 0.2) is 0 Å². The van der Waals surface area contributed by atoms with Gasteiger partial charge in [-0.3, -0.25) is 0 Å². The molecular weight excluding hydrogens is 919 g/mol. The molecule has 0 saturated heterocycles. The van der Waals surface area contributed by atoms with E-state index in [0.717, 1.165) is 25.4 Å². The quantitative estimate of drug-likeness (QED) is 0.0898. The molecule has 0 saturated carbocycles. The fraction of sp³-hybridized carbons (Fsp3) is 0.125. The first-order valence-corrected chi connectivity index (χ1v) is 23.6. The number of unbranched alkanes of at least 4 members (excludes halogenated alkanes) is 1. The van der Waals surface area contributed by atoms with Crippen LogP contribution < -0.4 is 4.74 Å². The standard InChI is InChI=1S/C22H17IO3S.C18H18F3IO3/c24-27(25,22-17-9-11-18-10-7-8-16-21(18)22)26-23(19-12-3-1-4-13-19)20-14-5-2-6-15-20;1-2-3-13-24-16-11-9-15(10-12-16)22(14-7-5-4-6-8-14)25-17(23)18(19,20)21/h1-17H;4-12H,2-3,13H2,1H3. The van der Waals surface area contributed by atoms with Gasteiger partial charge in [-0.1, -0.05) is 0 Å². The molecule has 0 aliphatic rings. The Bertz CT molecular complexity index is 2090. The predicted molar refractivity (Wildman–Crippen MR) is 213 cm³/mol. The summed E-state index contributed by atoms with van der Waals surface area (Å²) in [6.45, 7) is 2.64. The van der Waals surface area contributed by atoms with Crippen LogP contribution in [0.25, 0.3) is 10.8 Å². The Hall–Kier alpha value is -3.99. The van der Waals surface area contributed by atoms with Crippen molar-refractivity contribution in [2.24, 2.45) is 0 Å². The molecule has 0 spiro atoms. The first-order chi connectivity index (χ1) is 25.1. The summed E-state index contributed by atoms with van der Waals surface area (Å²) < 4.78 is 83.7. The SMILES string of the molecule is CCCCOc1ccc(I(OC(=O)C(F)(F)F)c2ccccc2)cc1.O=S(=O)(OI(c1ccccc1)c1ccccc1)c1cccc2ccccc12. The molecule has 0 unspecified atom stereocenters. The van der Waals surface area contributed by atoms with Gasteiger partial charge in [0.1, 0.15) is 0 Å². The average Bonchev–Trinajstić information content (AvgIpc) is 3.17. The van der Waals surface area contributed by atoms with Gasteiger partial charge in [-0.25, -0.2) is 0 Å². The number of hydrogen-bond donors (Lipinski definition) is 0. The summed E-state index contributed by atoms with van der Waals surface area (Å²) in [5, 5.41) is 1.55. The molecule has 12 heteroatoms. The number of ether oxygens (including phenoxy) is 1. The van der Waals surface area contributed by atoms with Crippen molar-refractivity contribution in [3.8, 4) is 5.75 Å². The molecule has 0 atom stereocenters. The van der Waals surface area contributed by atoms with Crippen LogP contribution in [-0.2, 0) is 20.5 Å². The molecule has 0 bridgehead atoms. The van der Waals surface area contributed by atoms with Crippen LogP contribution in [0, 0.1) is 14.3 Å². The number of carbonyl (C=O) groups is 1. The zero-order valence-corrected chi connectivity index (χ0v) is 33.0. The second-order valence-corrected chi connectivity index (χ2v) is 21.7. The van der Waals surface area contributed by atoms with Crippen LogP contribution in [0.3, 0.4) is 0 Å². The molecule has 6 aromatic carbocycles. The summed E-state index contributed by atoms with van der Waals surface area (Å²) in [4.78, 5) is 11.5. The summed E-state index contributed by atoms with van der Waals surface area (Å²) in [6, 6.07) is 47.2. The van der Waals surface area contributed by atoms with Gasteiger partial charge in [-0.05, 0) is 0 Å². The summed E-state index contributed by atoms with van der Waals surface area (Å²) in [7, 11) is -3.91. The molecule has 0 amide bonds. The Morgan fingerprint density at radius 2 is 1.10 bits per heavy atom. The van der Waals surface area contributed by atoms with Gasteiger partial charge in [0.2, 0.25) is 0 Å². The Kier molecular flexibility index (Phi) is 14.1. The Balaban J connectivity index is 0.000000202. The molecule has 0 aromatic heterocycles. The zero-order chi connectivity index (χ0) is 37.0. The van der Waals surface area contributed by atoms with Crippen molar-refractivity contribution in [3.05, 3.63) is 172 Å². The second-order valence-electron chi connectivity index (χ2n) is 10.9. The molecule has 52 heavy (non-hydrogen) atoms. The maximum absolute atomic E-state index is 13.2. The molecule has 6 nitrogen and oxygen atoms in total. The molecule has 0 heterocycles. The van der Waals surface area contributed by atoms with Gasteiger partial charge in [0.05, 0.1) is 0 Å². The van der Waals surface area contributed by atoms with Crippen LogP contribution in [-0.4, -0.2) is 27.2 Å². The molecule has 272 valence electrons. The molecule has 0 aliphatic carbocycles. The number of carbonyl (C=O) groups excluding carboxylic acids is 1. The zero-order valence-electron chi connectivity index (χ0n) is 27.9. The van der Waals surface area contributed by atoms with Gasteiger partial charge >= 0.3 is 319 Å². The molecule has 6 rings (SSSR count). The van der Waals surface area contributed by atoms with E-state index in [2.05, 4.69) is 6.92 Å². The second kappa shape index (κ2) is 18.7. The first-order valence-electron chi connectivity index (χ1n) is 16.1. The Morgan fingerprint density at radius 3 is 1.63 bits per heavy atom. The van der Waals surface area contributed by atoms with Crippen molar-refractivity contribution in [3.63, 3.8) is 0 Å². The number of fused-ring (bicyclic) bond motifs is 1. The summed E-state index contributed by atoms with van der Waals surface area (Å²) in [5.41, 5.74) is 0. The topological polar surface area (TPSA) is 78.9 Å². The van der Waals surface area contributed by atoms with Gasteiger partial charge in [-0.15, -0.1) is 0 Å². The third-order valence-electron chi connectivity index (χ3n) is 7.12. The van der Waals surface area contributed by atoms with Crippen molar-refractivity contribution >= 4 is 67.3 Å². The number of rotatable bonds is 12. The molecule has 0 radical (unpaired) electrons. The number of alkyl halides is 3. The number of halogens is 5. The molecule has 0 fully saturated rings. The van der Waals surface area contributed by atoms with Crippen molar-refractivity contribution in [2.45, 2.75) is 30.8 Å². The third kappa shape index (κ3) is 10.8. The minimum atomic E-state index is -5.01. The monoisotopic (exact) mass is 954 g/mol. The van der Waals surface area contributed by atoms with Crippen LogP contribution in [0.5, 0.6) is 5.75 Å². The Labute approximate surface area is 316 Å². The maximum atomic E-state index is 13.2. The van der Waals surface area contributed by atoms with E-state index < -0.39 is 62.7 Å². The molecule has 0 aliphatic heterocycles. The summed E-state index contributed by atoms with van der Waals surface area (Å²) in [5.74, 6) is -1.51. The third-order valence-corrected chi connectivity index (χ3v) is 19.0. The number of benzene rings is 6. The van der Waals surface area contributed by atoms with Crippen LogP contribution in [0.15, 0.2) is 163 Å². The van der Waals surface area contributed by atoms with E-state index in [4.69, 9.17) is 10.3 Å². The van der Waals surface area contributed by atoms with Crippen molar-refractivity contribution in [1.29, 1.82) is 0 Å².